The van der Waals surface area contributed by atoms with E-state index in [4.69, 9.17) is 20.4 Å². The Bertz CT molecular complexity index is 1790. The second-order valence-corrected chi connectivity index (χ2v) is 12.0. The number of nitrogens with two attached hydrogens (primary N) is 1. The number of morpholine rings is 1. The molecule has 1 aromatic heterocycles. The van der Waals surface area contributed by atoms with Crippen LogP contribution in [0.15, 0.2) is 53.8 Å². The molecule has 4 amide bonds. The van der Waals surface area contributed by atoms with Crippen LogP contribution in [-0.4, -0.2) is 89.6 Å². The van der Waals surface area contributed by atoms with Crippen molar-refractivity contribution >= 4 is 57.8 Å². The largest absolute Gasteiger partial charge is 0.404 e. The van der Waals surface area contributed by atoms with E-state index in [9.17, 15) is 19.2 Å². The smallest absolute Gasteiger partial charge is 0.262 e. The Hall–Kier alpha value is -5.17. The summed E-state index contributed by atoms with van der Waals surface area (Å²) in [6.45, 7) is 3.65. The number of para-hydroxylation sites is 1. The summed E-state index contributed by atoms with van der Waals surface area (Å²) in [6, 6.07) is 10.2. The van der Waals surface area contributed by atoms with Crippen LogP contribution in [0.1, 0.15) is 52.1 Å². The van der Waals surface area contributed by atoms with Crippen molar-refractivity contribution in [1.29, 1.82) is 0 Å². The van der Waals surface area contributed by atoms with E-state index < -0.39 is 29.7 Å². The minimum absolute atomic E-state index is 0.0839. The molecular weight excluding hydrogens is 588 g/mol. The van der Waals surface area contributed by atoms with E-state index in [2.05, 4.69) is 26.6 Å². The van der Waals surface area contributed by atoms with Crippen LogP contribution in [0.5, 0.6) is 0 Å². The Kier molecular flexibility index (Phi) is 7.91. The molecule has 0 bridgehead atoms. The average Bonchev–Trinajstić information content (AvgIpc) is 3.30. The Morgan fingerprint density at radius 2 is 1.89 bits per heavy atom. The fourth-order valence-corrected chi connectivity index (χ4v) is 6.43. The number of hydrogen-bond acceptors (Lipinski definition) is 11. The molecule has 2 saturated heterocycles. The molecule has 0 spiro atoms. The van der Waals surface area contributed by atoms with Crippen LogP contribution in [0.2, 0.25) is 0 Å². The van der Waals surface area contributed by atoms with Crippen LogP contribution in [0.25, 0.3) is 16.6 Å². The minimum atomic E-state index is -0.982. The Morgan fingerprint density at radius 3 is 2.67 bits per heavy atom. The SMILES string of the molecule is NC=C(C=NC1CC(CNc2ccc3c(c2)C(=O)N(C2CCC(=O)NC2=O)C3=O)C1)c1cnc2cccc(N3CCOCC3)c2n1. The molecule has 3 aromatic rings. The predicted octanol–water partition coefficient (Wildman–Crippen LogP) is 2.13. The standard InChI is InChI=1S/C33H34N8O5/c34-15-20(26-18-37-25-2-1-3-27(30(25)38-26)40-8-10-46-11-9-40)17-36-22-12-19(13-22)16-35-21-4-5-23-24(14-21)33(45)41(32(23)44)28-6-7-29(42)39-31(28)43/h1-5,14-15,17-19,22,28,35H,6-13,16,34H2,(H,39,42,43). The van der Waals surface area contributed by atoms with Crippen LogP contribution >= 0.6 is 0 Å². The van der Waals surface area contributed by atoms with E-state index in [-0.39, 0.29) is 30.0 Å². The molecule has 3 aliphatic heterocycles. The summed E-state index contributed by atoms with van der Waals surface area (Å²) in [4.78, 5) is 67.4. The van der Waals surface area contributed by atoms with Gasteiger partial charge in [-0.2, -0.15) is 0 Å². The van der Waals surface area contributed by atoms with Gasteiger partial charge in [0.25, 0.3) is 11.8 Å². The second-order valence-electron chi connectivity index (χ2n) is 12.0. The number of imide groups is 2. The highest BCUT2D eigenvalue weighted by molar-refractivity contribution is 6.23. The van der Waals surface area contributed by atoms with Gasteiger partial charge < -0.3 is 20.7 Å². The van der Waals surface area contributed by atoms with Crippen molar-refractivity contribution in [2.75, 3.05) is 43.1 Å². The number of nitrogens with zero attached hydrogens (tertiary/aromatic N) is 5. The number of piperidine rings is 1. The molecule has 13 nitrogen and oxygen atoms in total. The first-order valence-corrected chi connectivity index (χ1v) is 15.5. The zero-order valence-corrected chi connectivity index (χ0v) is 25.1. The molecule has 13 heteroatoms. The van der Waals surface area contributed by atoms with Crippen LogP contribution in [0.3, 0.4) is 0 Å². The topological polar surface area (TPSA) is 172 Å². The molecule has 46 heavy (non-hydrogen) atoms. The van der Waals surface area contributed by atoms with Crippen LogP contribution < -0.4 is 21.3 Å². The third-order valence-electron chi connectivity index (χ3n) is 9.05. The van der Waals surface area contributed by atoms with Gasteiger partial charge in [0.2, 0.25) is 11.8 Å². The zero-order valence-electron chi connectivity index (χ0n) is 25.1. The summed E-state index contributed by atoms with van der Waals surface area (Å²) in [5.41, 5.74) is 11.3. The molecule has 1 saturated carbocycles. The monoisotopic (exact) mass is 622 g/mol. The Balaban J connectivity index is 0.947. The van der Waals surface area contributed by atoms with Crippen molar-refractivity contribution in [2.45, 2.75) is 37.8 Å². The highest BCUT2D eigenvalue weighted by atomic mass is 16.5. The number of aliphatic imine (C=N–C) groups is 1. The third-order valence-corrected chi connectivity index (χ3v) is 9.05. The lowest BCUT2D eigenvalue weighted by Crippen LogP contribution is -2.54. The lowest BCUT2D eigenvalue weighted by Gasteiger charge is -2.33. The fourth-order valence-electron chi connectivity index (χ4n) is 6.43. The van der Waals surface area contributed by atoms with Crippen molar-refractivity contribution in [1.82, 2.24) is 20.2 Å². The number of nitrogens with one attached hydrogen (secondary N) is 2. The van der Waals surface area contributed by atoms with Gasteiger partial charge in [0.05, 0.1) is 53.5 Å². The van der Waals surface area contributed by atoms with E-state index >= 15 is 0 Å². The van der Waals surface area contributed by atoms with Crippen molar-refractivity contribution in [3.8, 4) is 0 Å². The van der Waals surface area contributed by atoms with Gasteiger partial charge in [0, 0.05) is 49.7 Å². The number of amides is 4. The van der Waals surface area contributed by atoms with E-state index in [0.717, 1.165) is 53.2 Å². The number of allylic oxidation sites excluding steroid dienone is 1. The molecule has 236 valence electrons. The van der Waals surface area contributed by atoms with Crippen molar-refractivity contribution in [2.24, 2.45) is 16.6 Å². The summed E-state index contributed by atoms with van der Waals surface area (Å²) in [5.74, 6) is -1.67. The number of aromatic nitrogens is 2. The number of anilines is 2. The fraction of sp³-hybridized carbons (Fsp3) is 0.364. The number of carbonyl (C=O) groups excluding carboxylic acids is 4. The Labute approximate surface area is 264 Å². The van der Waals surface area contributed by atoms with Crippen molar-refractivity contribution in [3.05, 3.63) is 65.6 Å². The van der Waals surface area contributed by atoms with Gasteiger partial charge in [-0.1, -0.05) is 6.07 Å². The second kappa shape index (κ2) is 12.3. The van der Waals surface area contributed by atoms with Gasteiger partial charge in [0.15, 0.2) is 0 Å². The third kappa shape index (κ3) is 5.58. The highest BCUT2D eigenvalue weighted by Gasteiger charge is 2.44. The summed E-state index contributed by atoms with van der Waals surface area (Å²) in [5, 5.41) is 5.59. The number of fused-ring (bicyclic) bond motifs is 2. The lowest BCUT2D eigenvalue weighted by molar-refractivity contribution is -0.136. The molecule has 4 heterocycles. The number of benzene rings is 2. The maximum absolute atomic E-state index is 13.1. The van der Waals surface area contributed by atoms with Gasteiger partial charge >= 0.3 is 0 Å². The first-order valence-electron chi connectivity index (χ1n) is 15.5. The van der Waals surface area contributed by atoms with Gasteiger partial charge in [-0.15, -0.1) is 0 Å². The normalized spacial score (nSPS) is 23.6. The van der Waals surface area contributed by atoms with Gasteiger partial charge in [-0.05, 0) is 55.5 Å². The molecule has 1 unspecified atom stereocenters. The molecule has 2 aromatic carbocycles. The van der Waals surface area contributed by atoms with Crippen LogP contribution in [-0.2, 0) is 14.3 Å². The molecule has 0 radical (unpaired) electrons. The van der Waals surface area contributed by atoms with E-state index in [1.54, 1.807) is 30.6 Å². The number of hydrogen-bond donors (Lipinski definition) is 3. The minimum Gasteiger partial charge on any atom is -0.404 e. The van der Waals surface area contributed by atoms with Gasteiger partial charge in [0.1, 0.15) is 11.6 Å². The molecule has 3 fully saturated rings. The first kappa shape index (κ1) is 29.5. The summed E-state index contributed by atoms with van der Waals surface area (Å²) in [7, 11) is 0. The quantitative estimate of drug-likeness (QED) is 0.250. The molecule has 1 aliphatic carbocycles. The summed E-state index contributed by atoms with van der Waals surface area (Å²) in [6.07, 6.45) is 6.99. The maximum atomic E-state index is 13.1. The molecule has 1 atom stereocenters. The number of ether oxygens (including phenoxy) is 1. The number of rotatable bonds is 8. The summed E-state index contributed by atoms with van der Waals surface area (Å²) >= 11 is 0. The van der Waals surface area contributed by atoms with E-state index in [1.807, 2.05) is 12.1 Å². The average molecular weight is 623 g/mol. The van der Waals surface area contributed by atoms with Crippen molar-refractivity contribution < 1.29 is 23.9 Å². The van der Waals surface area contributed by atoms with Gasteiger partial charge in [-0.25, -0.2) is 4.98 Å². The maximum Gasteiger partial charge on any atom is 0.262 e. The molecule has 4 N–H and O–H groups in total. The van der Waals surface area contributed by atoms with Crippen LogP contribution in [0.4, 0.5) is 11.4 Å². The van der Waals surface area contributed by atoms with E-state index in [1.165, 1.54) is 6.20 Å². The van der Waals surface area contributed by atoms with Crippen molar-refractivity contribution in [3.63, 3.8) is 0 Å². The first-order chi connectivity index (χ1) is 22.4. The lowest BCUT2D eigenvalue weighted by atomic mass is 9.80. The predicted molar refractivity (Wildman–Crippen MR) is 171 cm³/mol. The molecular formula is C33H34N8O5. The number of carbonyl (C=O) groups is 4. The molecule has 7 rings (SSSR count). The van der Waals surface area contributed by atoms with Gasteiger partial charge in [-0.3, -0.25) is 39.4 Å². The van der Waals surface area contributed by atoms with E-state index in [0.29, 0.717) is 36.9 Å². The Morgan fingerprint density at radius 1 is 1.09 bits per heavy atom. The highest BCUT2D eigenvalue weighted by Crippen LogP contribution is 2.33. The van der Waals surface area contributed by atoms with Crippen LogP contribution in [0, 0.1) is 5.92 Å². The summed E-state index contributed by atoms with van der Waals surface area (Å²) < 4.78 is 5.51. The zero-order chi connectivity index (χ0) is 31.8. The molecule has 4 aliphatic rings.